The fourth-order valence-electron chi connectivity index (χ4n) is 1.46. The molecule has 0 saturated carbocycles. The van der Waals surface area contributed by atoms with Gasteiger partial charge in [-0.1, -0.05) is 18.2 Å². The Kier molecular flexibility index (Phi) is 5.29. The van der Waals surface area contributed by atoms with Crippen molar-refractivity contribution >= 4 is 23.6 Å². The molecule has 1 rings (SSSR count). The number of carboxylic acid groups (broad SMARTS) is 1. The molecule has 0 radical (unpaired) electrons. The van der Waals surface area contributed by atoms with E-state index >= 15 is 0 Å². The average molecular weight is 293 g/mol. The fourth-order valence-corrected chi connectivity index (χ4v) is 1.46. The smallest absolute Gasteiger partial charge is 0.325 e. The van der Waals surface area contributed by atoms with Gasteiger partial charge in [0.2, 0.25) is 5.91 Å². The van der Waals surface area contributed by atoms with Crippen molar-refractivity contribution < 1.29 is 19.5 Å². The van der Waals surface area contributed by atoms with Gasteiger partial charge in [-0.2, -0.15) is 0 Å². The first-order chi connectivity index (χ1) is 9.72. The molecule has 4 N–H and O–H groups in total. The van der Waals surface area contributed by atoms with Crippen LogP contribution in [0.25, 0.3) is 0 Å². The van der Waals surface area contributed by atoms with E-state index in [1.54, 1.807) is 24.3 Å². The van der Waals surface area contributed by atoms with Crippen LogP contribution in [0.15, 0.2) is 30.3 Å². The monoisotopic (exact) mass is 293 g/mol. The Morgan fingerprint density at radius 2 is 1.71 bits per heavy atom. The van der Waals surface area contributed by atoms with Crippen molar-refractivity contribution in [2.24, 2.45) is 0 Å². The van der Waals surface area contributed by atoms with E-state index in [0.29, 0.717) is 5.69 Å². The first-order valence-electron chi connectivity index (χ1n) is 6.40. The minimum absolute atomic E-state index is 0.552. The van der Waals surface area contributed by atoms with Crippen LogP contribution < -0.4 is 16.0 Å². The Morgan fingerprint density at radius 1 is 1.14 bits per heavy atom. The summed E-state index contributed by atoms with van der Waals surface area (Å²) in [5.74, 6) is -1.73. The molecule has 114 valence electrons. The predicted octanol–water partition coefficient (Wildman–Crippen LogP) is 1.18. The summed E-state index contributed by atoms with van der Waals surface area (Å²) in [5, 5.41) is 16.1. The molecule has 21 heavy (non-hydrogen) atoms. The van der Waals surface area contributed by atoms with Gasteiger partial charge in [0.05, 0.1) is 0 Å². The molecule has 0 heterocycles. The van der Waals surface area contributed by atoms with Gasteiger partial charge in [0.15, 0.2) is 0 Å². The van der Waals surface area contributed by atoms with Crippen LogP contribution in [0.3, 0.4) is 0 Å². The highest BCUT2D eigenvalue weighted by atomic mass is 16.4. The molecule has 7 nitrogen and oxygen atoms in total. The van der Waals surface area contributed by atoms with Crippen molar-refractivity contribution in [3.8, 4) is 0 Å². The SMILES string of the molecule is CC(NC(=O)C(C)(C)NC(=O)Nc1ccccc1)C(=O)O. The molecule has 0 fully saturated rings. The quantitative estimate of drug-likeness (QED) is 0.653. The summed E-state index contributed by atoms with van der Waals surface area (Å²) in [5.41, 5.74) is -0.659. The number of carbonyl (C=O) groups excluding carboxylic acids is 2. The maximum atomic E-state index is 12.0. The Labute approximate surface area is 122 Å². The number of hydrogen-bond donors (Lipinski definition) is 4. The predicted molar refractivity (Wildman–Crippen MR) is 77.9 cm³/mol. The molecule has 7 heteroatoms. The van der Waals surface area contributed by atoms with Gasteiger partial charge in [0, 0.05) is 5.69 Å². The summed E-state index contributed by atoms with van der Waals surface area (Å²) in [6.45, 7) is 4.32. The standard InChI is InChI=1S/C14H19N3O4/c1-9(11(18)19)15-12(20)14(2,3)17-13(21)16-10-7-5-4-6-8-10/h4-9H,1-3H3,(H,15,20)(H,18,19)(H2,16,17,21). The normalized spacial score (nSPS) is 12.1. The molecule has 0 spiro atoms. The first-order valence-corrected chi connectivity index (χ1v) is 6.40. The van der Waals surface area contributed by atoms with Crippen LogP contribution in [-0.2, 0) is 9.59 Å². The second-order valence-corrected chi connectivity index (χ2v) is 5.10. The van der Waals surface area contributed by atoms with Crippen molar-refractivity contribution in [2.75, 3.05) is 5.32 Å². The largest absolute Gasteiger partial charge is 0.480 e. The highest BCUT2D eigenvalue weighted by molar-refractivity contribution is 5.96. The van der Waals surface area contributed by atoms with E-state index in [-0.39, 0.29) is 0 Å². The average Bonchev–Trinajstić information content (AvgIpc) is 2.38. The Bertz CT molecular complexity index is 528. The zero-order valence-corrected chi connectivity index (χ0v) is 12.1. The number of benzene rings is 1. The lowest BCUT2D eigenvalue weighted by atomic mass is 10.0. The summed E-state index contributed by atoms with van der Waals surface area (Å²) in [7, 11) is 0. The van der Waals surface area contributed by atoms with Crippen molar-refractivity contribution in [3.05, 3.63) is 30.3 Å². The van der Waals surface area contributed by atoms with E-state index in [2.05, 4.69) is 16.0 Å². The highest BCUT2D eigenvalue weighted by Crippen LogP contribution is 2.07. The van der Waals surface area contributed by atoms with E-state index in [1.165, 1.54) is 20.8 Å². The molecule has 0 aliphatic heterocycles. The number of carbonyl (C=O) groups is 3. The molecule has 0 aliphatic carbocycles. The molecule has 1 atom stereocenters. The van der Waals surface area contributed by atoms with Gasteiger partial charge in [0.25, 0.3) is 0 Å². The lowest BCUT2D eigenvalue weighted by Crippen LogP contribution is -2.58. The third kappa shape index (κ3) is 5.13. The van der Waals surface area contributed by atoms with Gasteiger partial charge < -0.3 is 21.1 Å². The van der Waals surface area contributed by atoms with Crippen molar-refractivity contribution in [1.82, 2.24) is 10.6 Å². The summed E-state index contributed by atoms with van der Waals surface area (Å²) >= 11 is 0. The Hall–Kier alpha value is -2.57. The summed E-state index contributed by atoms with van der Waals surface area (Å²) in [6.07, 6.45) is 0. The maximum absolute atomic E-state index is 12.0. The van der Waals surface area contributed by atoms with Crippen LogP contribution in [0.2, 0.25) is 0 Å². The van der Waals surface area contributed by atoms with Crippen molar-refractivity contribution in [1.29, 1.82) is 0 Å². The molecule has 1 aromatic rings. The lowest BCUT2D eigenvalue weighted by molar-refractivity contribution is -0.142. The van der Waals surface area contributed by atoms with Crippen LogP contribution in [-0.4, -0.2) is 34.6 Å². The fraction of sp³-hybridized carbons (Fsp3) is 0.357. The highest BCUT2D eigenvalue weighted by Gasteiger charge is 2.31. The first kappa shape index (κ1) is 16.5. The minimum Gasteiger partial charge on any atom is -0.480 e. The number of para-hydroxylation sites is 1. The molecular formula is C14H19N3O4. The summed E-state index contributed by atoms with van der Waals surface area (Å²) in [4.78, 5) is 34.5. The van der Waals surface area contributed by atoms with E-state index in [4.69, 9.17) is 5.11 Å². The number of anilines is 1. The van der Waals surface area contributed by atoms with Gasteiger partial charge >= 0.3 is 12.0 Å². The number of urea groups is 1. The van der Waals surface area contributed by atoms with E-state index < -0.39 is 29.5 Å². The Morgan fingerprint density at radius 3 is 2.24 bits per heavy atom. The molecule has 0 bridgehead atoms. The third-order valence-electron chi connectivity index (χ3n) is 2.74. The van der Waals surface area contributed by atoms with E-state index in [0.717, 1.165) is 0 Å². The number of amides is 3. The zero-order valence-electron chi connectivity index (χ0n) is 12.1. The molecule has 0 saturated heterocycles. The van der Waals surface area contributed by atoms with Crippen LogP contribution in [0.4, 0.5) is 10.5 Å². The van der Waals surface area contributed by atoms with Gasteiger partial charge in [-0.3, -0.25) is 9.59 Å². The Balaban J connectivity index is 2.60. The second-order valence-electron chi connectivity index (χ2n) is 5.10. The van der Waals surface area contributed by atoms with Crippen molar-refractivity contribution in [2.45, 2.75) is 32.4 Å². The summed E-state index contributed by atoms with van der Waals surface area (Å²) in [6, 6.07) is 7.18. The van der Waals surface area contributed by atoms with Crippen LogP contribution in [0, 0.1) is 0 Å². The topological polar surface area (TPSA) is 108 Å². The summed E-state index contributed by atoms with van der Waals surface area (Å²) < 4.78 is 0. The number of aliphatic carboxylic acids is 1. The molecule has 0 aliphatic rings. The van der Waals surface area contributed by atoms with Crippen LogP contribution in [0.1, 0.15) is 20.8 Å². The number of hydrogen-bond acceptors (Lipinski definition) is 3. The third-order valence-corrected chi connectivity index (χ3v) is 2.74. The molecule has 0 aromatic heterocycles. The molecule has 1 aromatic carbocycles. The van der Waals surface area contributed by atoms with Crippen molar-refractivity contribution in [3.63, 3.8) is 0 Å². The zero-order chi connectivity index (χ0) is 16.0. The molecular weight excluding hydrogens is 274 g/mol. The molecule has 3 amide bonds. The van der Waals surface area contributed by atoms with Crippen LogP contribution in [0.5, 0.6) is 0 Å². The van der Waals surface area contributed by atoms with E-state index in [1.807, 2.05) is 6.07 Å². The number of carboxylic acids is 1. The van der Waals surface area contributed by atoms with Gasteiger partial charge in [-0.25, -0.2) is 4.79 Å². The second kappa shape index (κ2) is 6.74. The number of rotatable bonds is 5. The lowest BCUT2D eigenvalue weighted by Gasteiger charge is -2.26. The minimum atomic E-state index is -1.25. The van der Waals surface area contributed by atoms with Gasteiger partial charge in [0.1, 0.15) is 11.6 Å². The number of nitrogens with one attached hydrogen (secondary N) is 3. The van der Waals surface area contributed by atoms with Gasteiger partial charge in [-0.05, 0) is 32.9 Å². The van der Waals surface area contributed by atoms with Gasteiger partial charge in [-0.15, -0.1) is 0 Å². The van der Waals surface area contributed by atoms with Crippen LogP contribution >= 0.6 is 0 Å². The maximum Gasteiger partial charge on any atom is 0.325 e. The molecule has 1 unspecified atom stereocenters. The van der Waals surface area contributed by atoms with E-state index in [9.17, 15) is 14.4 Å².